The van der Waals surface area contributed by atoms with E-state index in [1.165, 1.54) is 0 Å². The smallest absolute Gasteiger partial charge is 0.162 e. The summed E-state index contributed by atoms with van der Waals surface area (Å²) >= 11 is 0. The van der Waals surface area contributed by atoms with E-state index in [1.54, 1.807) is 20.3 Å². The summed E-state index contributed by atoms with van der Waals surface area (Å²) in [6.07, 6.45) is 0. The highest BCUT2D eigenvalue weighted by Gasteiger charge is 2.06. The van der Waals surface area contributed by atoms with Gasteiger partial charge in [-0.1, -0.05) is 24.3 Å². The Hall–Kier alpha value is -2.20. The molecule has 4 heteroatoms. The molecule has 0 saturated carbocycles. The topological polar surface area (TPSA) is 50.7 Å². The molecule has 0 bridgehead atoms. The summed E-state index contributed by atoms with van der Waals surface area (Å²) in [5, 5.41) is 13.3. The fourth-order valence-corrected chi connectivity index (χ4v) is 2.00. The zero-order valence-corrected chi connectivity index (χ0v) is 11.7. The number of ether oxygens (including phenoxy) is 2. The quantitative estimate of drug-likeness (QED) is 0.849. The molecule has 2 rings (SSSR count). The van der Waals surface area contributed by atoms with Crippen LogP contribution in [0.4, 0.5) is 0 Å². The molecule has 0 atom stereocenters. The first-order valence-electron chi connectivity index (χ1n) is 6.43. The summed E-state index contributed by atoms with van der Waals surface area (Å²) < 4.78 is 10.3. The van der Waals surface area contributed by atoms with Crippen molar-refractivity contribution in [2.75, 3.05) is 14.2 Å². The second-order valence-electron chi connectivity index (χ2n) is 4.42. The number of phenols is 1. The van der Waals surface area contributed by atoms with Gasteiger partial charge in [-0.2, -0.15) is 0 Å². The van der Waals surface area contributed by atoms with E-state index in [2.05, 4.69) is 5.32 Å². The maximum absolute atomic E-state index is 9.98. The highest BCUT2D eigenvalue weighted by Crippen LogP contribution is 2.29. The average molecular weight is 273 g/mol. The highest BCUT2D eigenvalue weighted by molar-refractivity contribution is 5.45. The van der Waals surface area contributed by atoms with Crippen molar-refractivity contribution in [2.24, 2.45) is 0 Å². The lowest BCUT2D eigenvalue weighted by atomic mass is 10.1. The Morgan fingerprint density at radius 1 is 1.00 bits per heavy atom. The fourth-order valence-electron chi connectivity index (χ4n) is 2.00. The van der Waals surface area contributed by atoms with E-state index >= 15 is 0 Å². The zero-order chi connectivity index (χ0) is 14.4. The van der Waals surface area contributed by atoms with Gasteiger partial charge in [0.1, 0.15) is 5.75 Å². The number of rotatable bonds is 6. The van der Waals surface area contributed by atoms with Crippen molar-refractivity contribution in [1.29, 1.82) is 0 Å². The standard InChI is InChI=1S/C16H19NO3/c1-19-14-7-3-5-12(9-14)10-17-11-13-6-4-8-15(20-2)16(13)18/h3-9,17-18H,10-11H2,1-2H3. The summed E-state index contributed by atoms with van der Waals surface area (Å²) in [5.41, 5.74) is 1.94. The molecular weight excluding hydrogens is 254 g/mol. The van der Waals surface area contributed by atoms with Crippen LogP contribution in [-0.2, 0) is 13.1 Å². The number of hydrogen-bond donors (Lipinski definition) is 2. The summed E-state index contributed by atoms with van der Waals surface area (Å²) in [6.45, 7) is 1.27. The summed E-state index contributed by atoms with van der Waals surface area (Å²) in [7, 11) is 3.20. The highest BCUT2D eigenvalue weighted by atomic mass is 16.5. The molecule has 106 valence electrons. The number of hydrogen-bond acceptors (Lipinski definition) is 4. The van der Waals surface area contributed by atoms with Gasteiger partial charge in [0, 0.05) is 18.7 Å². The molecule has 20 heavy (non-hydrogen) atoms. The predicted octanol–water partition coefficient (Wildman–Crippen LogP) is 2.70. The number of para-hydroxylation sites is 1. The lowest BCUT2D eigenvalue weighted by Gasteiger charge is -2.10. The molecule has 0 radical (unpaired) electrons. The van der Waals surface area contributed by atoms with Crippen LogP contribution in [0.1, 0.15) is 11.1 Å². The molecule has 0 heterocycles. The Morgan fingerprint density at radius 2 is 1.80 bits per heavy atom. The Balaban J connectivity index is 1.96. The minimum atomic E-state index is 0.188. The average Bonchev–Trinajstić information content (AvgIpc) is 2.49. The van der Waals surface area contributed by atoms with Crippen molar-refractivity contribution in [1.82, 2.24) is 5.32 Å². The van der Waals surface area contributed by atoms with E-state index in [0.717, 1.165) is 16.9 Å². The summed E-state index contributed by atoms with van der Waals surface area (Å²) in [5.74, 6) is 1.52. The largest absolute Gasteiger partial charge is 0.504 e. The molecule has 0 aliphatic carbocycles. The predicted molar refractivity (Wildman–Crippen MR) is 78.2 cm³/mol. The second kappa shape index (κ2) is 6.82. The van der Waals surface area contributed by atoms with Crippen molar-refractivity contribution in [3.8, 4) is 17.2 Å². The van der Waals surface area contributed by atoms with E-state index in [0.29, 0.717) is 18.8 Å². The Labute approximate surface area is 119 Å². The molecular formula is C16H19NO3. The number of phenolic OH excluding ortho intramolecular Hbond substituents is 1. The lowest BCUT2D eigenvalue weighted by molar-refractivity contribution is 0.369. The zero-order valence-electron chi connectivity index (χ0n) is 11.7. The van der Waals surface area contributed by atoms with Gasteiger partial charge >= 0.3 is 0 Å². The van der Waals surface area contributed by atoms with E-state index < -0.39 is 0 Å². The Morgan fingerprint density at radius 3 is 2.55 bits per heavy atom. The third-order valence-corrected chi connectivity index (χ3v) is 3.08. The van der Waals surface area contributed by atoms with Crippen LogP contribution in [0.25, 0.3) is 0 Å². The van der Waals surface area contributed by atoms with Crippen molar-refractivity contribution >= 4 is 0 Å². The van der Waals surface area contributed by atoms with Gasteiger partial charge in [0.2, 0.25) is 0 Å². The van der Waals surface area contributed by atoms with Crippen LogP contribution >= 0.6 is 0 Å². The van der Waals surface area contributed by atoms with Crippen LogP contribution in [0.5, 0.6) is 17.2 Å². The van der Waals surface area contributed by atoms with Crippen molar-refractivity contribution in [2.45, 2.75) is 13.1 Å². The van der Waals surface area contributed by atoms with Gasteiger partial charge in [0.05, 0.1) is 14.2 Å². The second-order valence-corrected chi connectivity index (χ2v) is 4.42. The van der Waals surface area contributed by atoms with E-state index in [1.807, 2.05) is 36.4 Å². The molecule has 2 aromatic carbocycles. The number of benzene rings is 2. The number of aromatic hydroxyl groups is 1. The summed E-state index contributed by atoms with van der Waals surface area (Å²) in [6, 6.07) is 13.4. The van der Waals surface area contributed by atoms with Gasteiger partial charge in [-0.15, -0.1) is 0 Å². The Kier molecular flexibility index (Phi) is 4.85. The van der Waals surface area contributed by atoms with Crippen molar-refractivity contribution in [3.63, 3.8) is 0 Å². The first-order chi connectivity index (χ1) is 9.74. The number of methoxy groups -OCH3 is 2. The first-order valence-corrected chi connectivity index (χ1v) is 6.43. The van der Waals surface area contributed by atoms with Gasteiger partial charge in [-0.05, 0) is 23.8 Å². The van der Waals surface area contributed by atoms with Gasteiger partial charge in [-0.3, -0.25) is 0 Å². The van der Waals surface area contributed by atoms with Crippen LogP contribution in [0.2, 0.25) is 0 Å². The van der Waals surface area contributed by atoms with Crippen LogP contribution in [-0.4, -0.2) is 19.3 Å². The molecule has 2 N–H and O–H groups in total. The molecule has 4 nitrogen and oxygen atoms in total. The van der Waals surface area contributed by atoms with E-state index in [-0.39, 0.29) is 5.75 Å². The fraction of sp³-hybridized carbons (Fsp3) is 0.250. The summed E-state index contributed by atoms with van der Waals surface area (Å²) in [4.78, 5) is 0. The SMILES string of the molecule is COc1cccc(CNCc2cccc(OC)c2O)c1. The van der Waals surface area contributed by atoms with Crippen molar-refractivity contribution in [3.05, 3.63) is 53.6 Å². The van der Waals surface area contributed by atoms with E-state index in [9.17, 15) is 5.11 Å². The normalized spacial score (nSPS) is 10.3. The maximum atomic E-state index is 9.98. The molecule has 0 unspecified atom stereocenters. The van der Waals surface area contributed by atoms with Crippen LogP contribution in [0, 0.1) is 0 Å². The lowest BCUT2D eigenvalue weighted by Crippen LogP contribution is -2.12. The molecule has 0 spiro atoms. The monoisotopic (exact) mass is 273 g/mol. The minimum absolute atomic E-state index is 0.188. The first kappa shape index (κ1) is 14.2. The van der Waals surface area contributed by atoms with Gasteiger partial charge in [-0.25, -0.2) is 0 Å². The van der Waals surface area contributed by atoms with Gasteiger partial charge in [0.25, 0.3) is 0 Å². The third-order valence-electron chi connectivity index (χ3n) is 3.08. The van der Waals surface area contributed by atoms with Crippen LogP contribution < -0.4 is 14.8 Å². The molecule has 0 aliphatic heterocycles. The maximum Gasteiger partial charge on any atom is 0.162 e. The minimum Gasteiger partial charge on any atom is -0.504 e. The van der Waals surface area contributed by atoms with Crippen LogP contribution in [0.15, 0.2) is 42.5 Å². The Bertz CT molecular complexity index is 569. The van der Waals surface area contributed by atoms with Gasteiger partial charge in [0.15, 0.2) is 11.5 Å². The number of nitrogens with one attached hydrogen (secondary N) is 1. The molecule has 2 aromatic rings. The third kappa shape index (κ3) is 3.42. The molecule has 0 amide bonds. The van der Waals surface area contributed by atoms with Crippen LogP contribution in [0.3, 0.4) is 0 Å². The molecule has 0 aliphatic rings. The molecule has 0 saturated heterocycles. The van der Waals surface area contributed by atoms with Gasteiger partial charge < -0.3 is 19.9 Å². The molecule has 0 aromatic heterocycles. The van der Waals surface area contributed by atoms with E-state index in [4.69, 9.17) is 9.47 Å². The van der Waals surface area contributed by atoms with Crippen molar-refractivity contribution < 1.29 is 14.6 Å². The molecule has 0 fully saturated rings.